The molecule has 7 heterocycles. The summed E-state index contributed by atoms with van der Waals surface area (Å²) in [4.78, 5) is 19.3. The Morgan fingerprint density at radius 3 is 1.85 bits per heavy atom. The molecule has 0 bridgehead atoms. The van der Waals surface area contributed by atoms with Gasteiger partial charge in [0.25, 0.3) is 0 Å². The standard InChI is InChI=1S/C39H26N6S/c1-3-33-38(42-18-1)31-15-20-40-24-35(31)44(33)29-11-7-27(8-12-29)23-26-5-9-28(10-6-26)37-14-13-30(17-22-46-37)45-34-4-2-19-43-39(34)32-16-21-41-25-36(32)45/h1-22,24-25H,23H2. The van der Waals surface area contributed by atoms with Gasteiger partial charge >= 0.3 is 0 Å². The average molecular weight is 611 g/mol. The number of nitrogens with zero attached hydrogens (tertiary/aromatic N) is 6. The molecular formula is C39H26N6S. The van der Waals surface area contributed by atoms with E-state index in [1.54, 1.807) is 11.8 Å². The molecule has 0 N–H and O–H groups in total. The van der Waals surface area contributed by atoms with Crippen molar-refractivity contribution in [3.8, 4) is 5.69 Å². The number of hydrogen-bond acceptors (Lipinski definition) is 5. The van der Waals surface area contributed by atoms with E-state index in [2.05, 4.69) is 113 Å². The third-order valence-electron chi connectivity index (χ3n) is 8.59. The lowest BCUT2D eigenvalue weighted by Crippen LogP contribution is -1.95. The number of benzene rings is 2. The second kappa shape index (κ2) is 11.0. The van der Waals surface area contributed by atoms with Crippen molar-refractivity contribution in [1.82, 2.24) is 29.1 Å². The van der Waals surface area contributed by atoms with Gasteiger partial charge in [0, 0.05) is 51.8 Å². The highest BCUT2D eigenvalue weighted by Crippen LogP contribution is 2.36. The minimum atomic E-state index is 0.864. The number of hydrogen-bond donors (Lipinski definition) is 0. The molecule has 6 aromatic heterocycles. The maximum Gasteiger partial charge on any atom is 0.0964 e. The molecule has 0 fully saturated rings. The monoisotopic (exact) mass is 610 g/mol. The molecule has 218 valence electrons. The first kappa shape index (κ1) is 26.6. The Kier molecular flexibility index (Phi) is 6.35. The Labute approximate surface area is 269 Å². The van der Waals surface area contributed by atoms with Gasteiger partial charge in [0.05, 0.1) is 45.5 Å². The molecule has 0 saturated heterocycles. The molecule has 1 aliphatic heterocycles. The van der Waals surface area contributed by atoms with Crippen molar-refractivity contribution in [2.45, 2.75) is 6.42 Å². The highest BCUT2D eigenvalue weighted by atomic mass is 32.2. The lowest BCUT2D eigenvalue weighted by molar-refractivity contribution is 1.14. The summed E-state index contributed by atoms with van der Waals surface area (Å²) in [7, 11) is 0. The summed E-state index contributed by atoms with van der Waals surface area (Å²) < 4.78 is 4.48. The molecule has 0 aliphatic carbocycles. The summed E-state index contributed by atoms with van der Waals surface area (Å²) in [6.07, 6.45) is 18.6. The zero-order chi connectivity index (χ0) is 30.5. The maximum atomic E-state index is 4.66. The Morgan fingerprint density at radius 2 is 1.17 bits per heavy atom. The van der Waals surface area contributed by atoms with Gasteiger partial charge < -0.3 is 9.13 Å². The summed E-state index contributed by atoms with van der Waals surface area (Å²) >= 11 is 1.73. The average Bonchev–Trinajstić information content (AvgIpc) is 3.51. The van der Waals surface area contributed by atoms with Crippen molar-refractivity contribution in [3.63, 3.8) is 0 Å². The van der Waals surface area contributed by atoms with Crippen LogP contribution in [0.2, 0.25) is 0 Å². The number of allylic oxidation sites excluding steroid dienone is 4. The Hall–Kier alpha value is -5.79. The SMILES string of the molecule is C1=CC(n2c3cnccc3c3ncccc32)=CC=C(c2ccc(Cc3ccc(-n4c5cnccc5c5ncccc54)cc3)cc2)S1. The Balaban J connectivity index is 0.974. The summed E-state index contributed by atoms with van der Waals surface area (Å²) in [5.41, 5.74) is 12.2. The minimum Gasteiger partial charge on any atom is -0.306 e. The summed E-state index contributed by atoms with van der Waals surface area (Å²) in [5.74, 6) is 0. The fourth-order valence-electron chi connectivity index (χ4n) is 6.45. The lowest BCUT2D eigenvalue weighted by Gasteiger charge is -2.09. The second-order valence-corrected chi connectivity index (χ2v) is 12.2. The topological polar surface area (TPSA) is 61.4 Å². The third-order valence-corrected chi connectivity index (χ3v) is 9.48. The van der Waals surface area contributed by atoms with Gasteiger partial charge in [0.2, 0.25) is 0 Å². The highest BCUT2D eigenvalue weighted by Gasteiger charge is 2.15. The molecule has 1 aliphatic rings. The first-order valence-corrected chi connectivity index (χ1v) is 16.0. The fourth-order valence-corrected chi connectivity index (χ4v) is 7.22. The van der Waals surface area contributed by atoms with Gasteiger partial charge in [-0.3, -0.25) is 19.9 Å². The van der Waals surface area contributed by atoms with Crippen LogP contribution in [-0.2, 0) is 6.42 Å². The summed E-state index contributed by atoms with van der Waals surface area (Å²) in [6, 6.07) is 30.0. The molecular weight excluding hydrogens is 585 g/mol. The van der Waals surface area contributed by atoms with Gasteiger partial charge in [-0.25, -0.2) is 0 Å². The van der Waals surface area contributed by atoms with Crippen LogP contribution in [0.15, 0.2) is 146 Å². The van der Waals surface area contributed by atoms with Crippen LogP contribution in [0.3, 0.4) is 0 Å². The van der Waals surface area contributed by atoms with Crippen LogP contribution < -0.4 is 0 Å². The second-order valence-electron chi connectivity index (χ2n) is 11.3. The molecule has 0 radical (unpaired) electrons. The molecule has 0 spiro atoms. The molecule has 8 aromatic rings. The van der Waals surface area contributed by atoms with E-state index < -0.39 is 0 Å². The van der Waals surface area contributed by atoms with Gasteiger partial charge in [-0.1, -0.05) is 48.2 Å². The fraction of sp³-hybridized carbons (Fsp3) is 0.0256. The van der Waals surface area contributed by atoms with E-state index in [0.29, 0.717) is 0 Å². The van der Waals surface area contributed by atoms with Crippen LogP contribution in [0.4, 0.5) is 0 Å². The molecule has 0 amide bonds. The van der Waals surface area contributed by atoms with Crippen LogP contribution >= 0.6 is 11.8 Å². The number of thioether (sulfide) groups is 1. The predicted octanol–water partition coefficient (Wildman–Crippen LogP) is 9.20. The molecule has 0 saturated carbocycles. The molecule has 0 atom stereocenters. The van der Waals surface area contributed by atoms with Crippen LogP contribution in [0.25, 0.3) is 60.2 Å². The van der Waals surface area contributed by atoms with Crippen molar-refractivity contribution in [3.05, 3.63) is 162 Å². The van der Waals surface area contributed by atoms with E-state index in [0.717, 1.165) is 61.7 Å². The molecule has 7 heteroatoms. The van der Waals surface area contributed by atoms with E-state index in [-0.39, 0.29) is 0 Å². The van der Waals surface area contributed by atoms with Gasteiger partial charge in [-0.15, -0.1) is 0 Å². The minimum absolute atomic E-state index is 0.864. The number of rotatable bonds is 5. The normalized spacial score (nSPS) is 13.4. The molecule has 9 rings (SSSR count). The van der Waals surface area contributed by atoms with E-state index in [1.807, 2.05) is 61.4 Å². The van der Waals surface area contributed by atoms with Crippen LogP contribution in [0, 0.1) is 0 Å². The van der Waals surface area contributed by atoms with Gasteiger partial charge in [0.1, 0.15) is 0 Å². The summed E-state index contributed by atoms with van der Waals surface area (Å²) in [6.45, 7) is 0. The molecule has 6 nitrogen and oxygen atoms in total. The van der Waals surface area contributed by atoms with Crippen molar-refractivity contribution in [2.75, 3.05) is 0 Å². The first-order valence-electron chi connectivity index (χ1n) is 15.1. The van der Waals surface area contributed by atoms with E-state index in [4.69, 9.17) is 0 Å². The summed E-state index contributed by atoms with van der Waals surface area (Å²) in [5, 5.41) is 4.38. The maximum absolute atomic E-state index is 4.66. The van der Waals surface area contributed by atoms with Crippen molar-refractivity contribution in [1.29, 1.82) is 0 Å². The number of pyridine rings is 4. The quantitative estimate of drug-likeness (QED) is 0.194. The largest absolute Gasteiger partial charge is 0.306 e. The molecule has 2 aromatic carbocycles. The first-order chi connectivity index (χ1) is 22.8. The van der Waals surface area contributed by atoms with E-state index in [9.17, 15) is 0 Å². The zero-order valence-electron chi connectivity index (χ0n) is 24.7. The highest BCUT2D eigenvalue weighted by molar-refractivity contribution is 8.10. The number of fused-ring (bicyclic) bond motifs is 6. The predicted molar refractivity (Wildman–Crippen MR) is 190 cm³/mol. The van der Waals surface area contributed by atoms with E-state index in [1.165, 1.54) is 21.6 Å². The lowest BCUT2D eigenvalue weighted by atomic mass is 10.0. The van der Waals surface area contributed by atoms with Gasteiger partial charge in [-0.05, 0) is 95.3 Å². The molecule has 0 unspecified atom stereocenters. The van der Waals surface area contributed by atoms with Crippen LogP contribution in [0.1, 0.15) is 16.7 Å². The van der Waals surface area contributed by atoms with Gasteiger partial charge in [0.15, 0.2) is 0 Å². The zero-order valence-corrected chi connectivity index (χ0v) is 25.5. The molecule has 46 heavy (non-hydrogen) atoms. The third kappa shape index (κ3) is 4.44. The van der Waals surface area contributed by atoms with Crippen molar-refractivity contribution < 1.29 is 0 Å². The van der Waals surface area contributed by atoms with Crippen molar-refractivity contribution >= 4 is 66.2 Å². The van der Waals surface area contributed by atoms with Crippen LogP contribution in [0.5, 0.6) is 0 Å². The number of aromatic nitrogens is 6. The Morgan fingerprint density at radius 1 is 0.565 bits per heavy atom. The van der Waals surface area contributed by atoms with Gasteiger partial charge in [-0.2, -0.15) is 0 Å². The Bertz CT molecular complexity index is 2410. The smallest absolute Gasteiger partial charge is 0.0964 e. The van der Waals surface area contributed by atoms with Crippen molar-refractivity contribution in [2.24, 2.45) is 0 Å². The van der Waals surface area contributed by atoms with Crippen LogP contribution in [-0.4, -0.2) is 29.1 Å². The van der Waals surface area contributed by atoms with E-state index >= 15 is 0 Å².